The third kappa shape index (κ3) is 5.54. The van der Waals surface area contributed by atoms with Crippen LogP contribution in [0.2, 0.25) is 0 Å². The predicted octanol–water partition coefficient (Wildman–Crippen LogP) is 3.32. The van der Waals surface area contributed by atoms with Crippen molar-refractivity contribution >= 4 is 5.97 Å². The Morgan fingerprint density at radius 1 is 1.26 bits per heavy atom. The average molecular weight is 321 g/mol. The maximum Gasteiger partial charge on any atom is 0.306 e. The Morgan fingerprint density at radius 2 is 1.91 bits per heavy atom. The zero-order valence-electron chi connectivity index (χ0n) is 13.4. The minimum absolute atomic E-state index is 0.0247. The normalized spacial score (nSPS) is 16.6. The molecule has 1 aromatic carbocycles. The van der Waals surface area contributed by atoms with Crippen molar-refractivity contribution in [2.45, 2.75) is 50.5 Å². The molecule has 1 aliphatic carbocycles. The molecule has 0 radical (unpaired) electrons. The second-order valence-electron chi connectivity index (χ2n) is 5.94. The van der Waals surface area contributed by atoms with Crippen LogP contribution in [-0.4, -0.2) is 30.7 Å². The van der Waals surface area contributed by atoms with Gasteiger partial charge in [0.25, 0.3) is 0 Å². The van der Waals surface area contributed by atoms with Gasteiger partial charge in [-0.2, -0.15) is 0 Å². The zero-order chi connectivity index (χ0) is 16.7. The van der Waals surface area contributed by atoms with Crippen LogP contribution in [0.5, 0.6) is 5.75 Å². The van der Waals surface area contributed by atoms with Crippen molar-refractivity contribution in [3.8, 4) is 5.75 Å². The van der Waals surface area contributed by atoms with E-state index >= 15 is 0 Å². The summed E-state index contributed by atoms with van der Waals surface area (Å²) >= 11 is 0. The van der Waals surface area contributed by atoms with Gasteiger partial charge in [-0.1, -0.05) is 18.6 Å². The zero-order valence-corrected chi connectivity index (χ0v) is 13.4. The Labute approximate surface area is 135 Å². The molecule has 0 aromatic heterocycles. The summed E-state index contributed by atoms with van der Waals surface area (Å²) in [7, 11) is 1.56. The van der Waals surface area contributed by atoms with E-state index in [9.17, 15) is 14.9 Å². The number of benzene rings is 1. The molecular weight excluding hydrogens is 298 g/mol. The van der Waals surface area contributed by atoms with Gasteiger partial charge in [0.2, 0.25) is 6.54 Å². The van der Waals surface area contributed by atoms with Crippen molar-refractivity contribution in [3.63, 3.8) is 0 Å². The average Bonchev–Trinajstić information content (AvgIpc) is 2.55. The number of carbonyl (C=O) groups is 1. The topological polar surface area (TPSA) is 78.7 Å². The second kappa shape index (κ2) is 8.50. The van der Waals surface area contributed by atoms with E-state index < -0.39 is 5.92 Å². The Hall–Kier alpha value is -2.11. The van der Waals surface area contributed by atoms with Crippen LogP contribution in [-0.2, 0) is 9.53 Å². The number of rotatable bonds is 7. The molecule has 0 saturated heterocycles. The van der Waals surface area contributed by atoms with E-state index in [-0.39, 0.29) is 30.0 Å². The van der Waals surface area contributed by atoms with E-state index in [4.69, 9.17) is 9.47 Å². The summed E-state index contributed by atoms with van der Waals surface area (Å²) in [5, 5.41) is 10.9. The summed E-state index contributed by atoms with van der Waals surface area (Å²) in [6, 6.07) is 7.02. The number of esters is 1. The summed E-state index contributed by atoms with van der Waals surface area (Å²) in [6.07, 6.45) is 5.14. The molecule has 0 aliphatic heterocycles. The molecule has 1 aliphatic rings. The molecule has 126 valence electrons. The first-order chi connectivity index (χ1) is 11.1. The quantitative estimate of drug-likeness (QED) is 0.437. The Kier molecular flexibility index (Phi) is 6.38. The van der Waals surface area contributed by atoms with Crippen LogP contribution < -0.4 is 4.74 Å². The molecule has 0 unspecified atom stereocenters. The second-order valence-corrected chi connectivity index (χ2v) is 5.94. The fourth-order valence-electron chi connectivity index (χ4n) is 2.96. The Morgan fingerprint density at radius 3 is 2.48 bits per heavy atom. The molecule has 0 N–H and O–H groups in total. The fourth-order valence-corrected chi connectivity index (χ4v) is 2.96. The lowest BCUT2D eigenvalue weighted by Crippen LogP contribution is -2.24. The Balaban J connectivity index is 1.99. The van der Waals surface area contributed by atoms with Crippen LogP contribution in [0.15, 0.2) is 24.3 Å². The van der Waals surface area contributed by atoms with E-state index in [1.807, 2.05) is 0 Å². The minimum atomic E-state index is -0.480. The van der Waals surface area contributed by atoms with Gasteiger partial charge < -0.3 is 9.47 Å². The van der Waals surface area contributed by atoms with Crippen molar-refractivity contribution in [2.24, 2.45) is 0 Å². The molecule has 2 rings (SSSR count). The van der Waals surface area contributed by atoms with E-state index in [0.717, 1.165) is 31.2 Å². The van der Waals surface area contributed by atoms with Crippen LogP contribution in [0.4, 0.5) is 0 Å². The number of hydrogen-bond acceptors (Lipinski definition) is 5. The van der Waals surface area contributed by atoms with Crippen molar-refractivity contribution < 1.29 is 19.2 Å². The van der Waals surface area contributed by atoms with Gasteiger partial charge in [-0.15, -0.1) is 0 Å². The first-order valence-corrected chi connectivity index (χ1v) is 8.03. The SMILES string of the molecule is COc1ccc([C@H](CC(=O)OC2CCCCC2)C[N+](=O)[O-])cc1. The van der Waals surface area contributed by atoms with Crippen molar-refractivity contribution in [1.82, 2.24) is 0 Å². The number of methoxy groups -OCH3 is 1. The van der Waals surface area contributed by atoms with Crippen molar-refractivity contribution in [2.75, 3.05) is 13.7 Å². The van der Waals surface area contributed by atoms with Crippen molar-refractivity contribution in [3.05, 3.63) is 39.9 Å². The highest BCUT2D eigenvalue weighted by Gasteiger charge is 2.25. The maximum atomic E-state index is 12.1. The number of nitro groups is 1. The highest BCUT2D eigenvalue weighted by molar-refractivity contribution is 5.70. The van der Waals surface area contributed by atoms with Gasteiger partial charge >= 0.3 is 5.97 Å². The standard InChI is InChI=1S/C17H23NO5/c1-22-15-9-7-13(8-10-15)14(12-18(20)21)11-17(19)23-16-5-3-2-4-6-16/h7-10,14,16H,2-6,11-12H2,1H3/t14-/m1/s1. The molecule has 0 spiro atoms. The highest BCUT2D eigenvalue weighted by atomic mass is 16.6. The van der Waals surface area contributed by atoms with Crippen molar-refractivity contribution in [1.29, 1.82) is 0 Å². The molecular formula is C17H23NO5. The number of carbonyl (C=O) groups excluding carboxylic acids is 1. The van der Waals surface area contributed by atoms with Gasteiger partial charge in [0.15, 0.2) is 0 Å². The molecule has 0 amide bonds. The number of hydrogen-bond donors (Lipinski definition) is 0. The molecule has 0 heterocycles. The van der Waals surface area contributed by atoms with Crippen LogP contribution >= 0.6 is 0 Å². The monoisotopic (exact) mass is 321 g/mol. The lowest BCUT2D eigenvalue weighted by atomic mass is 9.95. The smallest absolute Gasteiger partial charge is 0.306 e. The summed E-state index contributed by atoms with van der Waals surface area (Å²) < 4.78 is 10.6. The minimum Gasteiger partial charge on any atom is -0.497 e. The van der Waals surface area contributed by atoms with Gasteiger partial charge in [0, 0.05) is 4.92 Å². The van der Waals surface area contributed by atoms with E-state index in [1.165, 1.54) is 6.42 Å². The molecule has 6 heteroatoms. The van der Waals surface area contributed by atoms with Gasteiger partial charge in [0.1, 0.15) is 11.9 Å². The van der Waals surface area contributed by atoms with Crippen LogP contribution in [0.3, 0.4) is 0 Å². The fraction of sp³-hybridized carbons (Fsp3) is 0.588. The van der Waals surface area contributed by atoms with Gasteiger partial charge in [0.05, 0.1) is 19.4 Å². The maximum absolute atomic E-state index is 12.1. The first-order valence-electron chi connectivity index (χ1n) is 8.03. The molecule has 23 heavy (non-hydrogen) atoms. The molecule has 6 nitrogen and oxygen atoms in total. The van der Waals surface area contributed by atoms with E-state index in [1.54, 1.807) is 31.4 Å². The lowest BCUT2D eigenvalue weighted by molar-refractivity contribution is -0.483. The predicted molar refractivity (Wildman–Crippen MR) is 85.2 cm³/mol. The van der Waals surface area contributed by atoms with Crippen LogP contribution in [0.25, 0.3) is 0 Å². The molecule has 1 saturated carbocycles. The third-order valence-electron chi connectivity index (χ3n) is 4.22. The van der Waals surface area contributed by atoms with Crippen LogP contribution in [0.1, 0.15) is 50.0 Å². The van der Waals surface area contributed by atoms with Gasteiger partial charge in [-0.25, -0.2) is 0 Å². The molecule has 1 fully saturated rings. The van der Waals surface area contributed by atoms with Crippen LogP contribution in [0, 0.1) is 10.1 Å². The number of nitrogens with zero attached hydrogens (tertiary/aromatic N) is 1. The van der Waals surface area contributed by atoms with E-state index in [0.29, 0.717) is 5.75 Å². The molecule has 0 bridgehead atoms. The largest absolute Gasteiger partial charge is 0.497 e. The van der Waals surface area contributed by atoms with Gasteiger partial charge in [-0.3, -0.25) is 14.9 Å². The number of ether oxygens (including phenoxy) is 2. The van der Waals surface area contributed by atoms with Gasteiger partial charge in [-0.05, 0) is 43.4 Å². The summed E-state index contributed by atoms with van der Waals surface area (Å²) in [5.41, 5.74) is 0.753. The highest BCUT2D eigenvalue weighted by Crippen LogP contribution is 2.25. The molecule has 1 aromatic rings. The third-order valence-corrected chi connectivity index (χ3v) is 4.22. The summed E-state index contributed by atoms with van der Waals surface area (Å²) in [6.45, 7) is -0.286. The first kappa shape index (κ1) is 17.2. The molecule has 1 atom stereocenters. The summed E-state index contributed by atoms with van der Waals surface area (Å²) in [4.78, 5) is 22.7. The lowest BCUT2D eigenvalue weighted by Gasteiger charge is -2.22. The van der Waals surface area contributed by atoms with E-state index in [2.05, 4.69) is 0 Å². The Bertz CT molecular complexity index is 522. The summed E-state index contributed by atoms with van der Waals surface area (Å²) in [5.74, 6) is -0.148.